The van der Waals surface area contributed by atoms with Crippen molar-refractivity contribution in [3.8, 4) is 55.6 Å². The molecular weight excluding hydrogens is 577 g/mol. The first-order valence-corrected chi connectivity index (χ1v) is 16.8. The Kier molecular flexibility index (Phi) is 5.20. The zero-order valence-corrected chi connectivity index (χ0v) is 26.2. The zero-order valence-electron chi connectivity index (χ0n) is 26.2. The van der Waals surface area contributed by atoms with E-state index in [0.717, 1.165) is 0 Å². The third-order valence-electron chi connectivity index (χ3n) is 10.7. The van der Waals surface area contributed by atoms with Crippen LogP contribution in [0.3, 0.4) is 0 Å². The maximum Gasteiger partial charge on any atom is -0.000740 e. The van der Waals surface area contributed by atoms with E-state index in [4.69, 9.17) is 0 Å². The SMILES string of the molecule is c1ccc(-c2c3c(c(-c4ccccc4)c4ccccc24)-c2ccc4c5ccc(-c6ccccc6)c6cccc(c7ccc-3c2c74)c65)cc1. The van der Waals surface area contributed by atoms with Gasteiger partial charge in [-0.2, -0.15) is 0 Å². The maximum absolute atomic E-state index is 2.41. The van der Waals surface area contributed by atoms with Crippen LogP contribution < -0.4 is 0 Å². The van der Waals surface area contributed by atoms with Gasteiger partial charge in [0.1, 0.15) is 0 Å². The van der Waals surface area contributed by atoms with E-state index in [9.17, 15) is 0 Å². The Morgan fingerprint density at radius 1 is 0.188 bits per heavy atom. The number of fused-ring (bicyclic) bond motifs is 6. The summed E-state index contributed by atoms with van der Waals surface area (Å²) in [6.07, 6.45) is 0. The predicted octanol–water partition coefficient (Wildman–Crippen LogP) is 13.5. The largest absolute Gasteiger partial charge is 0.0622 e. The van der Waals surface area contributed by atoms with Gasteiger partial charge >= 0.3 is 0 Å². The summed E-state index contributed by atoms with van der Waals surface area (Å²) >= 11 is 0. The summed E-state index contributed by atoms with van der Waals surface area (Å²) in [4.78, 5) is 0. The van der Waals surface area contributed by atoms with Crippen LogP contribution in [0.2, 0.25) is 0 Å². The molecule has 0 heteroatoms. The van der Waals surface area contributed by atoms with Gasteiger partial charge in [0.25, 0.3) is 0 Å². The molecule has 220 valence electrons. The molecule has 0 atom stereocenters. The van der Waals surface area contributed by atoms with Gasteiger partial charge in [0.05, 0.1) is 0 Å². The molecule has 0 aliphatic heterocycles. The van der Waals surface area contributed by atoms with E-state index in [2.05, 4.69) is 170 Å². The van der Waals surface area contributed by atoms with Crippen molar-refractivity contribution in [2.45, 2.75) is 0 Å². The second-order valence-corrected chi connectivity index (χ2v) is 13.1. The van der Waals surface area contributed by atoms with Gasteiger partial charge in [-0.3, -0.25) is 0 Å². The minimum atomic E-state index is 1.25. The van der Waals surface area contributed by atoms with Crippen molar-refractivity contribution in [3.05, 3.63) is 170 Å². The first kappa shape index (κ1) is 25.9. The minimum Gasteiger partial charge on any atom is -0.0622 e. The average molecular weight is 605 g/mol. The summed E-state index contributed by atoms with van der Waals surface area (Å²) < 4.78 is 0. The standard InChI is InChI=1S/C48H28/c1-4-13-29(14-5-1)32-23-24-37-39-26-28-41-46-40(27-25-38(45(39)46)36-22-12-21-33(32)44(36)37)47-42(30-15-6-2-7-16-30)34-19-10-11-20-35(34)43(48(41)47)31-17-8-3-9-18-31/h1-28H. The highest BCUT2D eigenvalue weighted by Crippen LogP contribution is 2.59. The van der Waals surface area contributed by atoms with Gasteiger partial charge in [-0.25, -0.2) is 0 Å². The second kappa shape index (κ2) is 9.64. The van der Waals surface area contributed by atoms with Crippen LogP contribution in [-0.2, 0) is 0 Å². The van der Waals surface area contributed by atoms with Gasteiger partial charge in [0, 0.05) is 0 Å². The Morgan fingerprint density at radius 3 is 1.12 bits per heavy atom. The van der Waals surface area contributed by atoms with Crippen LogP contribution in [-0.4, -0.2) is 0 Å². The van der Waals surface area contributed by atoms with E-state index in [-0.39, 0.29) is 0 Å². The maximum atomic E-state index is 2.41. The van der Waals surface area contributed by atoms with Crippen LogP contribution in [0, 0.1) is 0 Å². The number of rotatable bonds is 3. The van der Waals surface area contributed by atoms with E-state index in [1.165, 1.54) is 109 Å². The van der Waals surface area contributed by atoms with E-state index in [1.807, 2.05) is 0 Å². The Morgan fingerprint density at radius 2 is 0.583 bits per heavy atom. The Labute approximate surface area is 278 Å². The lowest BCUT2D eigenvalue weighted by atomic mass is 9.82. The molecule has 0 heterocycles. The van der Waals surface area contributed by atoms with Crippen molar-refractivity contribution >= 4 is 53.9 Å². The molecule has 0 radical (unpaired) electrons. The molecule has 0 saturated carbocycles. The quantitative estimate of drug-likeness (QED) is 0.139. The van der Waals surface area contributed by atoms with E-state index in [0.29, 0.717) is 0 Å². The molecular formula is C48H28. The monoisotopic (exact) mass is 604 g/mol. The fourth-order valence-electron chi connectivity index (χ4n) is 8.87. The first-order valence-electron chi connectivity index (χ1n) is 16.8. The van der Waals surface area contributed by atoms with E-state index in [1.54, 1.807) is 0 Å². The van der Waals surface area contributed by atoms with E-state index >= 15 is 0 Å². The molecule has 0 spiro atoms. The molecule has 10 aromatic carbocycles. The lowest BCUT2D eigenvalue weighted by Crippen LogP contribution is -1.93. The highest BCUT2D eigenvalue weighted by Gasteiger charge is 2.32. The van der Waals surface area contributed by atoms with Gasteiger partial charge < -0.3 is 0 Å². The van der Waals surface area contributed by atoms with Gasteiger partial charge in [-0.05, 0) is 109 Å². The summed E-state index contributed by atoms with van der Waals surface area (Å²) in [5, 5.41) is 13.3. The molecule has 0 fully saturated rings. The van der Waals surface area contributed by atoms with Gasteiger partial charge in [0.2, 0.25) is 0 Å². The summed E-state index contributed by atoms with van der Waals surface area (Å²) in [6.45, 7) is 0. The fraction of sp³-hybridized carbons (Fsp3) is 0. The van der Waals surface area contributed by atoms with Crippen LogP contribution in [0.5, 0.6) is 0 Å². The average Bonchev–Trinajstić information content (AvgIpc) is 3.49. The Balaban J connectivity index is 1.33. The number of benzene rings is 10. The molecule has 10 aromatic rings. The normalized spacial score (nSPS) is 12.2. The summed E-state index contributed by atoms with van der Waals surface area (Å²) in [5.41, 5.74) is 13.0. The van der Waals surface area contributed by atoms with Crippen LogP contribution >= 0.6 is 0 Å². The van der Waals surface area contributed by atoms with Crippen molar-refractivity contribution in [1.82, 2.24) is 0 Å². The van der Waals surface area contributed by atoms with Crippen molar-refractivity contribution in [1.29, 1.82) is 0 Å². The fourth-order valence-corrected chi connectivity index (χ4v) is 8.87. The number of hydrogen-bond acceptors (Lipinski definition) is 0. The third-order valence-corrected chi connectivity index (χ3v) is 10.7. The predicted molar refractivity (Wildman–Crippen MR) is 206 cm³/mol. The molecule has 1 aliphatic rings. The summed E-state index contributed by atoms with van der Waals surface area (Å²) in [6, 6.07) is 63.0. The van der Waals surface area contributed by atoms with Crippen molar-refractivity contribution in [2.24, 2.45) is 0 Å². The molecule has 0 nitrogen and oxygen atoms in total. The Bertz CT molecular complexity index is 2760. The minimum absolute atomic E-state index is 1.25. The first-order chi connectivity index (χ1) is 23.9. The molecule has 0 saturated heterocycles. The molecule has 0 unspecified atom stereocenters. The van der Waals surface area contributed by atoms with Crippen molar-refractivity contribution in [2.75, 3.05) is 0 Å². The van der Waals surface area contributed by atoms with Gasteiger partial charge in [0.15, 0.2) is 0 Å². The highest BCUT2D eigenvalue weighted by atomic mass is 14.3. The van der Waals surface area contributed by atoms with Crippen LogP contribution in [0.15, 0.2) is 170 Å². The molecule has 1 aliphatic carbocycles. The molecule has 48 heavy (non-hydrogen) atoms. The Hall–Kier alpha value is -6.24. The molecule has 0 bridgehead atoms. The summed E-state index contributed by atoms with van der Waals surface area (Å²) in [5.74, 6) is 0. The lowest BCUT2D eigenvalue weighted by Gasteiger charge is -2.20. The van der Waals surface area contributed by atoms with Crippen LogP contribution in [0.4, 0.5) is 0 Å². The summed E-state index contributed by atoms with van der Waals surface area (Å²) in [7, 11) is 0. The van der Waals surface area contributed by atoms with Gasteiger partial charge in [-0.15, -0.1) is 0 Å². The highest BCUT2D eigenvalue weighted by molar-refractivity contribution is 6.39. The second-order valence-electron chi connectivity index (χ2n) is 13.1. The zero-order chi connectivity index (χ0) is 31.3. The van der Waals surface area contributed by atoms with Crippen LogP contribution in [0.1, 0.15) is 0 Å². The molecule has 0 N–H and O–H groups in total. The number of hydrogen-bond donors (Lipinski definition) is 0. The third kappa shape index (κ3) is 3.34. The molecule has 0 amide bonds. The lowest BCUT2D eigenvalue weighted by molar-refractivity contribution is 1.62. The van der Waals surface area contributed by atoms with E-state index < -0.39 is 0 Å². The smallest absolute Gasteiger partial charge is 0.000740 e. The molecule has 11 rings (SSSR count). The van der Waals surface area contributed by atoms with Crippen LogP contribution in [0.25, 0.3) is 109 Å². The van der Waals surface area contributed by atoms with Crippen molar-refractivity contribution < 1.29 is 0 Å². The van der Waals surface area contributed by atoms with Crippen molar-refractivity contribution in [3.63, 3.8) is 0 Å². The topological polar surface area (TPSA) is 0 Å². The van der Waals surface area contributed by atoms with Gasteiger partial charge in [-0.1, -0.05) is 170 Å². The molecule has 0 aromatic heterocycles.